The average molecular weight is 364 g/mol. The number of nitrogens with zero attached hydrogens (tertiary/aromatic N) is 1. The summed E-state index contributed by atoms with van der Waals surface area (Å²) in [6.45, 7) is 0.478. The number of nitrogens with one attached hydrogen (secondary N) is 1. The molecule has 2 aromatic heterocycles. The van der Waals surface area contributed by atoms with Gasteiger partial charge in [0.15, 0.2) is 5.76 Å². The summed E-state index contributed by atoms with van der Waals surface area (Å²) in [5.74, 6) is -0.652. The Kier molecular flexibility index (Phi) is 6.39. The third kappa shape index (κ3) is 6.72. The van der Waals surface area contributed by atoms with Crippen molar-refractivity contribution in [2.45, 2.75) is 25.3 Å². The number of hydrogen-bond acceptors (Lipinski definition) is 5. The van der Waals surface area contributed by atoms with Gasteiger partial charge in [0.2, 0.25) is 0 Å². The van der Waals surface area contributed by atoms with Crippen LogP contribution in [0.4, 0.5) is 0 Å². The number of carboxylic acids is 1. The second kappa shape index (κ2) is 8.31. The summed E-state index contributed by atoms with van der Waals surface area (Å²) in [5.41, 5.74) is 1.24. The molecular weight excluding hydrogens is 340 g/mol. The van der Waals surface area contributed by atoms with Crippen LogP contribution in [0.5, 0.6) is 0 Å². The van der Waals surface area contributed by atoms with E-state index >= 15 is 0 Å². The number of aliphatic carboxylic acids is 1. The molecule has 0 saturated carbocycles. The first-order valence-corrected chi connectivity index (χ1v) is 9.08. The van der Waals surface area contributed by atoms with E-state index in [1.807, 2.05) is 26.5 Å². The van der Waals surface area contributed by atoms with Crippen molar-refractivity contribution in [3.8, 4) is 0 Å². The summed E-state index contributed by atoms with van der Waals surface area (Å²) in [5, 5.41) is 17.8. The number of carbonyl (C=O) groups excluding carboxylic acids is 2. The first-order chi connectivity index (χ1) is 11.7. The van der Waals surface area contributed by atoms with Crippen LogP contribution in [0.15, 0.2) is 33.4 Å². The molecule has 0 unspecified atom stereocenters. The number of carbonyl (C=O) groups is 2. The first-order valence-electron chi connectivity index (χ1n) is 8.14. The van der Waals surface area contributed by atoms with Crippen LogP contribution in [0.3, 0.4) is 0 Å². The predicted octanol–water partition coefficient (Wildman–Crippen LogP) is 1.07. The predicted molar refractivity (Wildman–Crippen MR) is 94.2 cm³/mol. The molecule has 1 atom stereocenters. The molecule has 6 nitrogen and oxygen atoms in total. The number of quaternary nitrogens is 1. The zero-order valence-electron chi connectivity index (χ0n) is 14.8. The minimum atomic E-state index is -1.19. The number of carboxylic acid groups (broad SMARTS) is 1. The fourth-order valence-corrected chi connectivity index (χ4v) is 3.32. The van der Waals surface area contributed by atoms with Crippen LogP contribution in [0.25, 0.3) is 0 Å². The van der Waals surface area contributed by atoms with E-state index < -0.39 is 17.9 Å². The van der Waals surface area contributed by atoms with E-state index in [2.05, 4.69) is 16.8 Å². The summed E-state index contributed by atoms with van der Waals surface area (Å²) in [4.78, 5) is 23.3. The van der Waals surface area contributed by atoms with E-state index in [-0.39, 0.29) is 12.2 Å². The van der Waals surface area contributed by atoms with E-state index in [1.165, 1.54) is 5.56 Å². The highest BCUT2D eigenvalue weighted by Crippen LogP contribution is 2.14. The molecule has 2 aromatic rings. The molecule has 0 saturated heterocycles. The Morgan fingerprint density at radius 1 is 1.24 bits per heavy atom. The van der Waals surface area contributed by atoms with Crippen molar-refractivity contribution < 1.29 is 23.6 Å². The molecule has 1 amide bonds. The van der Waals surface area contributed by atoms with Gasteiger partial charge in [-0.3, -0.25) is 4.79 Å². The Morgan fingerprint density at radius 2 is 2.00 bits per heavy atom. The van der Waals surface area contributed by atoms with Crippen molar-refractivity contribution in [2.75, 3.05) is 27.7 Å². The van der Waals surface area contributed by atoms with Gasteiger partial charge in [0.1, 0.15) is 5.76 Å². The lowest BCUT2D eigenvalue weighted by Crippen LogP contribution is -2.50. The van der Waals surface area contributed by atoms with E-state index in [9.17, 15) is 14.7 Å². The summed E-state index contributed by atoms with van der Waals surface area (Å²) >= 11 is 1.65. The Hall–Kier alpha value is -2.12. The van der Waals surface area contributed by atoms with Crippen molar-refractivity contribution in [3.63, 3.8) is 0 Å². The van der Waals surface area contributed by atoms with Crippen LogP contribution in [-0.2, 0) is 17.6 Å². The molecule has 0 aromatic carbocycles. The molecule has 2 heterocycles. The number of thiophene rings is 1. The van der Waals surface area contributed by atoms with Crippen molar-refractivity contribution >= 4 is 23.2 Å². The van der Waals surface area contributed by atoms with Crippen LogP contribution in [0.2, 0.25) is 0 Å². The van der Waals surface area contributed by atoms with Crippen molar-refractivity contribution in [2.24, 2.45) is 0 Å². The molecule has 0 aliphatic carbocycles. The Morgan fingerprint density at radius 3 is 2.60 bits per heavy atom. The van der Waals surface area contributed by atoms with Crippen molar-refractivity contribution in [1.29, 1.82) is 0 Å². The Bertz CT molecular complexity index is 701. The summed E-state index contributed by atoms with van der Waals surface area (Å²) in [6.07, 6.45) is 1.34. The van der Waals surface area contributed by atoms with Crippen LogP contribution in [0, 0.1) is 0 Å². The fourth-order valence-electron chi connectivity index (χ4n) is 2.62. The van der Waals surface area contributed by atoms with Gasteiger partial charge in [0.25, 0.3) is 5.91 Å². The number of hydrogen-bond donors (Lipinski definition) is 1. The molecule has 0 aliphatic rings. The monoisotopic (exact) mass is 364 g/mol. The number of amides is 1. The van der Waals surface area contributed by atoms with Gasteiger partial charge in [0.05, 0.1) is 33.7 Å². The van der Waals surface area contributed by atoms with Gasteiger partial charge in [-0.1, -0.05) is 0 Å². The summed E-state index contributed by atoms with van der Waals surface area (Å²) < 4.78 is 6.13. The first kappa shape index (κ1) is 19.2. The second-order valence-corrected chi connectivity index (χ2v) is 7.90. The summed E-state index contributed by atoms with van der Waals surface area (Å²) in [6, 6.07) is 4.96. The highest BCUT2D eigenvalue weighted by Gasteiger charge is 2.22. The van der Waals surface area contributed by atoms with E-state index in [4.69, 9.17) is 4.42 Å². The number of likely N-dealkylation sites (N-methyl/N-ethyl adjacent to an activating group) is 1. The smallest absolute Gasteiger partial charge is 0.287 e. The zero-order valence-corrected chi connectivity index (χ0v) is 15.6. The average Bonchev–Trinajstić information content (AvgIpc) is 3.14. The van der Waals surface area contributed by atoms with Crippen molar-refractivity contribution in [1.82, 2.24) is 5.32 Å². The van der Waals surface area contributed by atoms with Gasteiger partial charge >= 0.3 is 0 Å². The lowest BCUT2D eigenvalue weighted by molar-refractivity contribution is -0.871. The summed E-state index contributed by atoms with van der Waals surface area (Å²) in [7, 11) is 5.80. The molecule has 136 valence electrons. The molecule has 25 heavy (non-hydrogen) atoms. The third-order valence-corrected chi connectivity index (χ3v) is 4.37. The number of rotatable bonds is 9. The quantitative estimate of drug-likeness (QED) is 0.675. The zero-order chi connectivity index (χ0) is 18.4. The van der Waals surface area contributed by atoms with Crippen LogP contribution < -0.4 is 10.4 Å². The molecule has 0 spiro atoms. The van der Waals surface area contributed by atoms with Crippen LogP contribution >= 0.6 is 11.3 Å². The molecule has 0 bridgehead atoms. The van der Waals surface area contributed by atoms with E-state index in [0.29, 0.717) is 17.4 Å². The standard InChI is InChI=1S/C18H24N2O4S/c1-20(2,3)11-14(10-17(21)22)19-18(23)16-7-6-15(24-16)5-4-13-8-9-25-12-13/h6-9,12,14H,4-5,10-11H2,1-3H3,(H-,19,21,22,23)/t14-/m1/s1. The lowest BCUT2D eigenvalue weighted by atomic mass is 10.1. The molecule has 7 heteroatoms. The minimum Gasteiger partial charge on any atom is -0.550 e. The molecule has 0 fully saturated rings. The molecule has 0 radical (unpaired) electrons. The highest BCUT2D eigenvalue weighted by atomic mass is 32.1. The van der Waals surface area contributed by atoms with Gasteiger partial charge in [-0.15, -0.1) is 0 Å². The van der Waals surface area contributed by atoms with Gasteiger partial charge in [-0.2, -0.15) is 11.3 Å². The van der Waals surface area contributed by atoms with Gasteiger partial charge in [-0.25, -0.2) is 0 Å². The Labute approximate surface area is 151 Å². The van der Waals surface area contributed by atoms with Gasteiger partial charge in [-0.05, 0) is 40.9 Å². The lowest BCUT2D eigenvalue weighted by Gasteiger charge is -2.29. The maximum Gasteiger partial charge on any atom is 0.287 e. The van der Waals surface area contributed by atoms with E-state index in [1.54, 1.807) is 23.5 Å². The molecule has 1 N–H and O–H groups in total. The molecular formula is C18H24N2O4S. The highest BCUT2D eigenvalue weighted by molar-refractivity contribution is 7.07. The van der Waals surface area contributed by atoms with Crippen LogP contribution in [0.1, 0.15) is 28.3 Å². The van der Waals surface area contributed by atoms with Gasteiger partial charge < -0.3 is 24.1 Å². The van der Waals surface area contributed by atoms with Crippen LogP contribution in [-0.4, -0.2) is 50.1 Å². The maximum absolute atomic E-state index is 12.3. The normalized spacial score (nSPS) is 12.8. The Balaban J connectivity index is 1.95. The minimum absolute atomic E-state index is 0.199. The molecule has 0 aliphatic heterocycles. The third-order valence-electron chi connectivity index (χ3n) is 3.64. The van der Waals surface area contributed by atoms with Gasteiger partial charge in [0, 0.05) is 18.8 Å². The molecule has 2 rings (SSSR count). The van der Waals surface area contributed by atoms with Crippen molar-refractivity contribution in [3.05, 3.63) is 46.0 Å². The maximum atomic E-state index is 12.3. The topological polar surface area (TPSA) is 82.4 Å². The number of aryl methyl sites for hydroxylation is 2. The largest absolute Gasteiger partial charge is 0.550 e. The van der Waals surface area contributed by atoms with E-state index in [0.717, 1.165) is 12.2 Å². The number of furan rings is 1. The second-order valence-electron chi connectivity index (χ2n) is 7.12. The SMILES string of the molecule is C[N+](C)(C)C[C@@H](CC(=O)[O-])NC(=O)c1ccc(CCc2ccsc2)o1. The fraction of sp³-hybridized carbons (Fsp3) is 0.444.